The first-order chi connectivity index (χ1) is 31.7. The van der Waals surface area contributed by atoms with E-state index in [4.69, 9.17) is 8.83 Å². The normalized spacial score (nSPS) is 21.1. The lowest BCUT2D eigenvalue weighted by atomic mass is 9.35. The first-order valence-corrected chi connectivity index (χ1v) is 25.3. The van der Waals surface area contributed by atoms with Gasteiger partial charge >= 0.3 is 0 Å². The summed E-state index contributed by atoms with van der Waals surface area (Å²) in [6, 6.07) is 37.8. The van der Waals surface area contributed by atoms with Crippen LogP contribution < -0.4 is 26.4 Å². The van der Waals surface area contributed by atoms with Gasteiger partial charge in [0.15, 0.2) is 0 Å². The van der Waals surface area contributed by atoms with Crippen molar-refractivity contribution < 1.29 is 8.83 Å². The van der Waals surface area contributed by atoms with E-state index in [1.54, 1.807) is 0 Å². The molecule has 5 heteroatoms. The molecular weight excluding hydrogens is 816 g/mol. The molecule has 6 aromatic carbocycles. The molecule has 3 aliphatic carbocycles. The van der Waals surface area contributed by atoms with Crippen molar-refractivity contribution in [3.05, 3.63) is 136 Å². The molecular formula is C62H65BN2O2. The third-order valence-electron chi connectivity index (χ3n) is 18.1. The van der Waals surface area contributed by atoms with Gasteiger partial charge < -0.3 is 18.6 Å². The molecule has 5 aliphatic rings. The van der Waals surface area contributed by atoms with Crippen LogP contribution in [0.4, 0.5) is 34.1 Å². The smallest absolute Gasteiger partial charge is 0.297 e. The van der Waals surface area contributed by atoms with Crippen LogP contribution in [0.25, 0.3) is 32.9 Å². The average molecular weight is 881 g/mol. The van der Waals surface area contributed by atoms with Gasteiger partial charge in [-0.15, -0.1) is 0 Å². The van der Waals surface area contributed by atoms with Crippen molar-refractivity contribution in [3.63, 3.8) is 0 Å². The highest BCUT2D eigenvalue weighted by Crippen LogP contribution is 2.55. The second-order valence-electron chi connectivity index (χ2n) is 24.9. The summed E-state index contributed by atoms with van der Waals surface area (Å²) in [5.74, 6) is 0.469. The molecule has 4 nitrogen and oxygen atoms in total. The number of furan rings is 2. The summed E-state index contributed by atoms with van der Waals surface area (Å²) in [7, 11) is 0. The van der Waals surface area contributed by atoms with Gasteiger partial charge in [-0.05, 0) is 189 Å². The quantitative estimate of drug-likeness (QED) is 0.162. The van der Waals surface area contributed by atoms with Gasteiger partial charge in [0.25, 0.3) is 6.71 Å². The Morgan fingerprint density at radius 2 is 1.13 bits per heavy atom. The largest absolute Gasteiger partial charge is 0.468 e. The number of aryl methyl sites for hydroxylation is 1. The molecule has 4 heterocycles. The van der Waals surface area contributed by atoms with Crippen molar-refractivity contribution in [1.29, 1.82) is 0 Å². The van der Waals surface area contributed by atoms with Gasteiger partial charge in [-0.2, -0.15) is 0 Å². The maximum absolute atomic E-state index is 7.66. The predicted molar refractivity (Wildman–Crippen MR) is 283 cm³/mol. The number of hydrogen-bond acceptors (Lipinski definition) is 4. The minimum atomic E-state index is -0.127. The van der Waals surface area contributed by atoms with E-state index in [1.165, 1.54) is 104 Å². The fourth-order valence-corrected chi connectivity index (χ4v) is 13.8. The van der Waals surface area contributed by atoms with Crippen LogP contribution in [-0.4, -0.2) is 6.71 Å². The zero-order valence-corrected chi connectivity index (χ0v) is 41.8. The zero-order valence-electron chi connectivity index (χ0n) is 41.8. The Hall–Kier alpha value is -5.68. The van der Waals surface area contributed by atoms with E-state index in [1.807, 2.05) is 0 Å². The summed E-state index contributed by atoms with van der Waals surface area (Å²) in [6.07, 6.45) is 7.03. The van der Waals surface area contributed by atoms with Crippen LogP contribution in [0.2, 0.25) is 0 Å². The molecule has 8 aromatic rings. The highest BCUT2D eigenvalue weighted by atomic mass is 16.3. The third-order valence-corrected chi connectivity index (χ3v) is 18.1. The zero-order chi connectivity index (χ0) is 46.5. The Labute approximate surface area is 397 Å². The average Bonchev–Trinajstić information content (AvgIpc) is 3.86. The van der Waals surface area contributed by atoms with Crippen molar-refractivity contribution in [3.8, 4) is 0 Å². The summed E-state index contributed by atoms with van der Waals surface area (Å²) < 4.78 is 14.3. The van der Waals surface area contributed by atoms with Gasteiger partial charge in [-0.1, -0.05) is 113 Å². The fraction of sp³-hybridized carbons (Fsp3) is 0.387. The number of fused-ring (bicyclic) bond motifs is 12. The van der Waals surface area contributed by atoms with Crippen LogP contribution in [0.5, 0.6) is 0 Å². The number of benzene rings is 6. The highest BCUT2D eigenvalue weighted by Gasteiger charge is 2.50. The van der Waals surface area contributed by atoms with Crippen LogP contribution in [0.15, 0.2) is 106 Å². The van der Waals surface area contributed by atoms with Gasteiger partial charge in [0.1, 0.15) is 16.7 Å². The number of para-hydroxylation sites is 1. The van der Waals surface area contributed by atoms with Crippen LogP contribution in [-0.2, 0) is 27.1 Å². The third kappa shape index (κ3) is 5.67. The van der Waals surface area contributed by atoms with Crippen LogP contribution in [0.3, 0.4) is 0 Å². The van der Waals surface area contributed by atoms with Crippen molar-refractivity contribution in [2.75, 3.05) is 9.80 Å². The van der Waals surface area contributed by atoms with Gasteiger partial charge in [0.05, 0.1) is 22.4 Å². The van der Waals surface area contributed by atoms with Crippen LogP contribution >= 0.6 is 0 Å². The molecule has 0 amide bonds. The molecule has 0 saturated heterocycles. The fourth-order valence-electron chi connectivity index (χ4n) is 13.8. The van der Waals surface area contributed by atoms with Crippen molar-refractivity contribution in [2.24, 2.45) is 0 Å². The molecule has 67 heavy (non-hydrogen) atoms. The molecule has 13 rings (SSSR count). The van der Waals surface area contributed by atoms with Gasteiger partial charge in [-0.25, -0.2) is 0 Å². The SMILES string of the molecule is Cc1cc2c3c(c1)N(c1cccc4oc5ccccc5c14)c1c(oc4cc5c(cc14)C(C)(C)CC[C@@H]5C)B3c1cc3c(cc1N2c1ccc2c(c1)C(C)(C)CCC2(C)C)C(C)(C)CCC3(C)C. The van der Waals surface area contributed by atoms with E-state index < -0.39 is 0 Å². The van der Waals surface area contributed by atoms with E-state index in [0.717, 1.165) is 57.4 Å². The van der Waals surface area contributed by atoms with Gasteiger partial charge in [0.2, 0.25) is 0 Å². The lowest BCUT2D eigenvalue weighted by molar-refractivity contribution is 0.332. The van der Waals surface area contributed by atoms with E-state index in [9.17, 15) is 0 Å². The minimum Gasteiger partial charge on any atom is -0.468 e. The summed E-state index contributed by atoms with van der Waals surface area (Å²) in [5, 5.41) is 3.45. The molecule has 0 N–H and O–H groups in total. The number of nitrogens with zero attached hydrogens (tertiary/aromatic N) is 2. The molecule has 0 radical (unpaired) electrons. The molecule has 338 valence electrons. The van der Waals surface area contributed by atoms with Crippen molar-refractivity contribution >= 4 is 90.3 Å². The number of hydrogen-bond donors (Lipinski definition) is 0. The highest BCUT2D eigenvalue weighted by molar-refractivity contribution is 7.00. The number of rotatable bonds is 2. The Morgan fingerprint density at radius 3 is 1.87 bits per heavy atom. The summed E-state index contributed by atoms with van der Waals surface area (Å²) in [5.41, 5.74) is 24.0. The molecule has 1 atom stereocenters. The summed E-state index contributed by atoms with van der Waals surface area (Å²) in [4.78, 5) is 5.25. The van der Waals surface area contributed by atoms with E-state index in [-0.39, 0.29) is 33.8 Å². The first-order valence-electron chi connectivity index (χ1n) is 25.3. The molecule has 0 fully saturated rings. The minimum absolute atomic E-state index is 0.0265. The Kier molecular flexibility index (Phi) is 8.24. The topological polar surface area (TPSA) is 32.8 Å². The predicted octanol–water partition coefficient (Wildman–Crippen LogP) is 15.6. The molecule has 0 spiro atoms. The van der Waals surface area contributed by atoms with Gasteiger partial charge in [-0.3, -0.25) is 0 Å². The summed E-state index contributed by atoms with van der Waals surface area (Å²) in [6.45, 7) is 29.2. The Morgan fingerprint density at radius 1 is 0.507 bits per heavy atom. The van der Waals surface area contributed by atoms with E-state index >= 15 is 0 Å². The Balaban J connectivity index is 1.18. The van der Waals surface area contributed by atoms with E-state index in [2.05, 4.69) is 190 Å². The summed E-state index contributed by atoms with van der Waals surface area (Å²) >= 11 is 0. The molecule has 2 aliphatic heterocycles. The van der Waals surface area contributed by atoms with Crippen LogP contribution in [0, 0.1) is 6.92 Å². The maximum atomic E-state index is 7.66. The molecule has 0 bridgehead atoms. The molecule has 0 saturated carbocycles. The van der Waals surface area contributed by atoms with E-state index in [0.29, 0.717) is 5.92 Å². The van der Waals surface area contributed by atoms with Gasteiger partial charge in [0, 0.05) is 33.5 Å². The first kappa shape index (κ1) is 41.5. The van der Waals surface area contributed by atoms with Crippen molar-refractivity contribution in [2.45, 2.75) is 155 Å². The molecule has 0 unspecified atom stereocenters. The standard InChI is InChI=1S/C62H65BN2O2/c1-35-28-49-55-50(29-35)65(47-17-15-19-52-54(47)38-16-13-14-18-51(38)66-52)56-40-31-42-39(36(2)22-23-58(42,3)4)32-53(40)67-57(56)63(55)46-33-44-45(62(11,12)27-26-61(44,9)10)34-48(46)64(49)37-20-21-41-43(30-37)60(7,8)25-24-59(41,5)6/h13-21,28-34,36H,22-27H2,1-12H3/t36-/m0/s1. The molecule has 2 aromatic heterocycles. The van der Waals surface area contributed by atoms with Crippen LogP contribution in [0.1, 0.15) is 160 Å². The monoisotopic (exact) mass is 881 g/mol. The second-order valence-corrected chi connectivity index (χ2v) is 24.9. The maximum Gasteiger partial charge on any atom is 0.297 e. The second kappa shape index (κ2) is 13.3. The van der Waals surface area contributed by atoms with Crippen molar-refractivity contribution in [1.82, 2.24) is 0 Å². The lowest BCUT2D eigenvalue weighted by Crippen LogP contribution is -2.61. The lowest BCUT2D eigenvalue weighted by Gasteiger charge is -2.47. The number of anilines is 6. The Bertz CT molecular complexity index is 3460.